The van der Waals surface area contributed by atoms with Gasteiger partial charge in [-0.25, -0.2) is 4.79 Å². The number of nitrogens with one attached hydrogen (secondary N) is 1. The van der Waals surface area contributed by atoms with Gasteiger partial charge < -0.3 is 15.0 Å². The Kier molecular flexibility index (Phi) is 11.7. The molecule has 4 aromatic rings. The largest absolute Gasteiger partial charge is 0.443 e. The molecule has 1 aliphatic rings. The van der Waals surface area contributed by atoms with Gasteiger partial charge in [0.05, 0.1) is 30.6 Å². The highest BCUT2D eigenvalue weighted by Crippen LogP contribution is 2.27. The molecule has 1 saturated heterocycles. The minimum Gasteiger partial charge on any atom is -0.443 e. The first-order valence-electron chi connectivity index (χ1n) is 17.5. The number of likely N-dealkylation sites (tertiary alicyclic amines) is 1. The number of fused-ring (bicyclic) bond motifs is 1. The van der Waals surface area contributed by atoms with Crippen LogP contribution in [0.5, 0.6) is 0 Å². The zero-order valence-corrected chi connectivity index (χ0v) is 29.7. The van der Waals surface area contributed by atoms with Crippen molar-refractivity contribution in [1.82, 2.24) is 15.2 Å². The molecule has 2 atom stereocenters. The molecule has 0 radical (unpaired) electrons. The van der Waals surface area contributed by atoms with E-state index < -0.39 is 23.7 Å². The molecule has 0 aliphatic carbocycles. The summed E-state index contributed by atoms with van der Waals surface area (Å²) in [5.41, 5.74) is 2.49. The Labute approximate surface area is 295 Å². The third-order valence-electron chi connectivity index (χ3n) is 8.76. The van der Waals surface area contributed by atoms with E-state index in [1.54, 1.807) is 11.1 Å². The van der Waals surface area contributed by atoms with Crippen molar-refractivity contribution in [2.24, 2.45) is 11.8 Å². The van der Waals surface area contributed by atoms with E-state index in [4.69, 9.17) is 4.74 Å². The van der Waals surface area contributed by atoms with Crippen LogP contribution in [0.1, 0.15) is 59.4 Å². The average Bonchev–Trinajstić information content (AvgIpc) is 3.26. The molecule has 9 nitrogen and oxygen atoms in total. The fourth-order valence-electron chi connectivity index (χ4n) is 6.34. The lowest BCUT2D eigenvalue weighted by molar-refractivity contribution is -0.135. The summed E-state index contributed by atoms with van der Waals surface area (Å²) in [6, 6.07) is 26.3. The number of benzene rings is 3. The number of nitrogens with zero attached hydrogens (tertiary/aromatic N) is 3. The molecule has 2 heterocycles. The van der Waals surface area contributed by atoms with Crippen LogP contribution in [0.15, 0.2) is 91.1 Å². The second-order valence-electron chi connectivity index (χ2n) is 14.5. The van der Waals surface area contributed by atoms with Crippen molar-refractivity contribution in [1.29, 1.82) is 0 Å². The SMILES string of the molecule is CC(C)CC(CN(C(=O)OC(C)(C)C)c1ccc2ccccc2c1)C(=O)N[C@H]1CCCN(C(=O)Cc2cccc(-c3ccccn3)c2)CC1=O. The number of Topliss-reactive ketones (excluding diaryl/α,β-unsaturated/α-hetero) is 1. The predicted octanol–water partition coefficient (Wildman–Crippen LogP) is 7.22. The molecule has 1 aliphatic heterocycles. The maximum atomic E-state index is 14.0. The van der Waals surface area contributed by atoms with Gasteiger partial charge in [-0.3, -0.25) is 24.3 Å². The van der Waals surface area contributed by atoms with Gasteiger partial charge >= 0.3 is 6.09 Å². The highest BCUT2D eigenvalue weighted by atomic mass is 16.6. The fraction of sp³-hybridized carbons (Fsp3) is 0.390. The van der Waals surface area contributed by atoms with Gasteiger partial charge in [-0.05, 0) is 92.6 Å². The second kappa shape index (κ2) is 16.1. The number of aromatic nitrogens is 1. The van der Waals surface area contributed by atoms with Gasteiger partial charge in [-0.1, -0.05) is 68.4 Å². The molecule has 3 aromatic carbocycles. The molecule has 0 saturated carbocycles. The summed E-state index contributed by atoms with van der Waals surface area (Å²) in [5.74, 6) is -1.08. The Hall–Kier alpha value is -5.05. The van der Waals surface area contributed by atoms with Gasteiger partial charge in [-0.2, -0.15) is 0 Å². The summed E-state index contributed by atoms with van der Waals surface area (Å²) in [6.07, 6.45) is 2.86. The van der Waals surface area contributed by atoms with E-state index in [9.17, 15) is 19.2 Å². The Morgan fingerprint density at radius 2 is 1.72 bits per heavy atom. The van der Waals surface area contributed by atoms with Crippen LogP contribution in [-0.2, 0) is 25.5 Å². The van der Waals surface area contributed by atoms with Crippen molar-refractivity contribution < 1.29 is 23.9 Å². The molecule has 0 spiro atoms. The molecule has 1 aromatic heterocycles. The first kappa shape index (κ1) is 36.2. The number of ketones is 1. The Morgan fingerprint density at radius 3 is 2.44 bits per heavy atom. The Bertz CT molecular complexity index is 1820. The number of hydrogen-bond acceptors (Lipinski definition) is 6. The van der Waals surface area contributed by atoms with Crippen molar-refractivity contribution in [3.63, 3.8) is 0 Å². The molecular formula is C41H48N4O5. The maximum absolute atomic E-state index is 14.0. The van der Waals surface area contributed by atoms with Crippen LogP contribution in [0.25, 0.3) is 22.0 Å². The minimum absolute atomic E-state index is 0.0698. The van der Waals surface area contributed by atoms with E-state index in [1.807, 2.05) is 120 Å². The van der Waals surface area contributed by atoms with E-state index in [2.05, 4.69) is 10.3 Å². The standard InChI is InChI=1S/C41H48N4O5/c1-28(2)22-33(26-45(40(49)50-41(3,4)5)34-19-18-30-13-6-7-14-31(30)25-34)39(48)43-36-17-11-21-44(27-37(36)46)38(47)24-29-12-10-15-32(23-29)35-16-8-9-20-42-35/h6-10,12-16,18-20,23,25,28,33,36H,11,17,21-22,24,26-27H2,1-5H3,(H,43,48)/t33?,36-/m0/s1. The van der Waals surface area contributed by atoms with Gasteiger partial charge in [0.25, 0.3) is 0 Å². The third-order valence-corrected chi connectivity index (χ3v) is 8.76. The number of pyridine rings is 1. The van der Waals surface area contributed by atoms with E-state index in [1.165, 1.54) is 4.90 Å². The molecule has 50 heavy (non-hydrogen) atoms. The zero-order valence-electron chi connectivity index (χ0n) is 29.7. The lowest BCUT2D eigenvalue weighted by Gasteiger charge is -2.31. The van der Waals surface area contributed by atoms with Crippen LogP contribution >= 0.6 is 0 Å². The molecule has 0 bridgehead atoms. The van der Waals surface area contributed by atoms with Crippen molar-refractivity contribution in [2.45, 2.75) is 71.9 Å². The first-order chi connectivity index (χ1) is 23.9. The van der Waals surface area contributed by atoms with Crippen LogP contribution in [0.3, 0.4) is 0 Å². The van der Waals surface area contributed by atoms with Crippen molar-refractivity contribution in [3.05, 3.63) is 96.7 Å². The molecule has 1 N–H and O–H groups in total. The van der Waals surface area contributed by atoms with Crippen LogP contribution < -0.4 is 10.2 Å². The Balaban J connectivity index is 1.28. The van der Waals surface area contributed by atoms with E-state index in [0.29, 0.717) is 31.5 Å². The summed E-state index contributed by atoms with van der Waals surface area (Å²) in [4.78, 5) is 62.1. The van der Waals surface area contributed by atoms with Crippen LogP contribution in [0, 0.1) is 11.8 Å². The van der Waals surface area contributed by atoms with Gasteiger partial charge in [0.1, 0.15) is 5.60 Å². The average molecular weight is 677 g/mol. The number of hydrogen-bond donors (Lipinski definition) is 1. The lowest BCUT2D eigenvalue weighted by Crippen LogP contribution is -2.49. The summed E-state index contributed by atoms with van der Waals surface area (Å²) in [5, 5.41) is 5.01. The zero-order chi connectivity index (χ0) is 35.8. The normalized spacial score (nSPS) is 15.8. The predicted molar refractivity (Wildman–Crippen MR) is 197 cm³/mol. The fourth-order valence-corrected chi connectivity index (χ4v) is 6.34. The summed E-state index contributed by atoms with van der Waals surface area (Å²) < 4.78 is 5.80. The molecular weight excluding hydrogens is 628 g/mol. The Morgan fingerprint density at radius 1 is 0.960 bits per heavy atom. The number of carbonyl (C=O) groups is 4. The van der Waals surface area contributed by atoms with Crippen molar-refractivity contribution >= 4 is 40.2 Å². The topological polar surface area (TPSA) is 109 Å². The van der Waals surface area contributed by atoms with Gasteiger partial charge in [0.15, 0.2) is 5.78 Å². The first-order valence-corrected chi connectivity index (χ1v) is 17.5. The van der Waals surface area contributed by atoms with Gasteiger partial charge in [-0.15, -0.1) is 0 Å². The molecule has 9 heteroatoms. The number of rotatable bonds is 10. The third kappa shape index (κ3) is 9.77. The summed E-state index contributed by atoms with van der Waals surface area (Å²) in [6.45, 7) is 9.94. The smallest absolute Gasteiger partial charge is 0.414 e. The number of ether oxygens (including phenoxy) is 1. The number of carbonyl (C=O) groups excluding carboxylic acids is 4. The van der Waals surface area contributed by atoms with Crippen molar-refractivity contribution in [2.75, 3.05) is 24.5 Å². The molecule has 5 rings (SSSR count). The summed E-state index contributed by atoms with van der Waals surface area (Å²) >= 11 is 0. The number of anilines is 1. The monoisotopic (exact) mass is 676 g/mol. The number of amides is 3. The van der Waals surface area contributed by atoms with E-state index in [0.717, 1.165) is 27.6 Å². The molecule has 1 fully saturated rings. The van der Waals surface area contributed by atoms with E-state index >= 15 is 0 Å². The van der Waals surface area contributed by atoms with E-state index in [-0.39, 0.29) is 43.0 Å². The highest BCUT2D eigenvalue weighted by Gasteiger charge is 2.33. The van der Waals surface area contributed by atoms with Crippen molar-refractivity contribution in [3.8, 4) is 11.3 Å². The van der Waals surface area contributed by atoms with Crippen LogP contribution in [-0.4, -0.2) is 64.9 Å². The summed E-state index contributed by atoms with van der Waals surface area (Å²) in [7, 11) is 0. The second-order valence-corrected chi connectivity index (χ2v) is 14.5. The molecule has 262 valence electrons. The molecule has 1 unspecified atom stereocenters. The quantitative estimate of drug-likeness (QED) is 0.190. The van der Waals surface area contributed by atoms with Gasteiger partial charge in [0, 0.05) is 30.5 Å². The lowest BCUT2D eigenvalue weighted by atomic mass is 9.94. The highest BCUT2D eigenvalue weighted by molar-refractivity contribution is 5.96. The minimum atomic E-state index is -0.736. The molecule has 3 amide bonds. The van der Waals surface area contributed by atoms with Gasteiger partial charge in [0.2, 0.25) is 11.8 Å². The van der Waals surface area contributed by atoms with Crippen LogP contribution in [0.2, 0.25) is 0 Å². The maximum Gasteiger partial charge on any atom is 0.414 e. The van der Waals surface area contributed by atoms with Crippen LogP contribution in [0.4, 0.5) is 10.5 Å².